The number of hydrogen-bond donors (Lipinski definition) is 1. The van der Waals surface area contributed by atoms with Crippen LogP contribution in [0.3, 0.4) is 0 Å². The molecule has 1 aromatic heterocycles. The molecule has 20 heavy (non-hydrogen) atoms. The van der Waals surface area contributed by atoms with Crippen LogP contribution in [0.4, 0.5) is 13.2 Å². The van der Waals surface area contributed by atoms with Crippen molar-refractivity contribution in [3.05, 3.63) is 35.5 Å². The highest BCUT2D eigenvalue weighted by atomic mass is 19.4. The van der Waals surface area contributed by atoms with E-state index < -0.39 is 17.7 Å². The number of hydrogen-bond acceptors (Lipinski definition) is 1. The molecule has 0 radical (unpaired) electrons. The third-order valence-electron chi connectivity index (χ3n) is 3.36. The van der Waals surface area contributed by atoms with Crippen molar-refractivity contribution in [3.63, 3.8) is 0 Å². The SMILES string of the molecule is CC(CC(=O)O)c1cn(C)c2ccc(C(F)(F)F)cc12. The van der Waals surface area contributed by atoms with Crippen molar-refractivity contribution < 1.29 is 23.1 Å². The molecule has 1 unspecified atom stereocenters. The molecule has 0 spiro atoms. The minimum atomic E-state index is -4.41. The summed E-state index contributed by atoms with van der Waals surface area (Å²) in [6, 6.07) is 3.53. The molecule has 2 aromatic rings. The van der Waals surface area contributed by atoms with Gasteiger partial charge in [-0.3, -0.25) is 4.79 Å². The average molecular weight is 285 g/mol. The third-order valence-corrected chi connectivity index (χ3v) is 3.36. The minimum absolute atomic E-state index is 0.116. The van der Waals surface area contributed by atoms with Gasteiger partial charge in [-0.1, -0.05) is 6.92 Å². The van der Waals surface area contributed by atoms with Gasteiger partial charge in [0.2, 0.25) is 0 Å². The van der Waals surface area contributed by atoms with E-state index in [0.29, 0.717) is 16.5 Å². The number of aromatic nitrogens is 1. The molecule has 0 bridgehead atoms. The first-order chi connectivity index (χ1) is 9.20. The zero-order chi connectivity index (χ0) is 15.1. The molecule has 1 aromatic carbocycles. The summed E-state index contributed by atoms with van der Waals surface area (Å²) in [5, 5.41) is 9.28. The summed E-state index contributed by atoms with van der Waals surface area (Å²) < 4.78 is 40.0. The molecule has 0 amide bonds. The summed E-state index contributed by atoms with van der Waals surface area (Å²) in [6.45, 7) is 1.70. The van der Waals surface area contributed by atoms with Gasteiger partial charge in [-0.25, -0.2) is 0 Å². The number of carboxylic acids is 1. The van der Waals surface area contributed by atoms with Crippen LogP contribution in [-0.2, 0) is 18.0 Å². The fourth-order valence-corrected chi connectivity index (χ4v) is 2.36. The fourth-order valence-electron chi connectivity index (χ4n) is 2.36. The number of benzene rings is 1. The summed E-state index contributed by atoms with van der Waals surface area (Å²) in [6.07, 6.45) is -2.83. The number of fused-ring (bicyclic) bond motifs is 1. The van der Waals surface area contributed by atoms with E-state index in [4.69, 9.17) is 5.11 Å². The summed E-state index contributed by atoms with van der Waals surface area (Å²) in [7, 11) is 1.73. The van der Waals surface area contributed by atoms with Crippen molar-refractivity contribution in [3.8, 4) is 0 Å². The topological polar surface area (TPSA) is 42.2 Å². The van der Waals surface area contributed by atoms with Crippen molar-refractivity contribution >= 4 is 16.9 Å². The van der Waals surface area contributed by atoms with Gasteiger partial charge in [0.25, 0.3) is 0 Å². The Hall–Kier alpha value is -1.98. The van der Waals surface area contributed by atoms with Crippen LogP contribution in [0.15, 0.2) is 24.4 Å². The number of rotatable bonds is 3. The van der Waals surface area contributed by atoms with Crippen molar-refractivity contribution in [2.75, 3.05) is 0 Å². The molecular formula is C14H14F3NO2. The summed E-state index contributed by atoms with van der Waals surface area (Å²) in [5.41, 5.74) is 0.557. The van der Waals surface area contributed by atoms with Gasteiger partial charge in [-0.2, -0.15) is 13.2 Å². The standard InChI is InChI=1S/C14H14F3NO2/c1-8(5-13(19)20)11-7-18(2)12-4-3-9(6-10(11)12)14(15,16)17/h3-4,6-8H,5H2,1-2H3,(H,19,20). The van der Waals surface area contributed by atoms with E-state index >= 15 is 0 Å². The first-order valence-electron chi connectivity index (χ1n) is 6.08. The van der Waals surface area contributed by atoms with Crippen molar-refractivity contribution in [2.24, 2.45) is 7.05 Å². The molecular weight excluding hydrogens is 271 g/mol. The maximum Gasteiger partial charge on any atom is 0.416 e. The lowest BCUT2D eigenvalue weighted by atomic mass is 9.96. The Labute approximate surface area is 113 Å². The van der Waals surface area contributed by atoms with Crippen molar-refractivity contribution in [2.45, 2.75) is 25.4 Å². The van der Waals surface area contributed by atoms with Crippen LogP contribution < -0.4 is 0 Å². The van der Waals surface area contributed by atoms with Gasteiger partial charge < -0.3 is 9.67 Å². The molecule has 108 valence electrons. The molecule has 0 saturated heterocycles. The zero-order valence-electron chi connectivity index (χ0n) is 11.0. The Kier molecular flexibility index (Phi) is 3.50. The van der Waals surface area contributed by atoms with E-state index in [0.717, 1.165) is 12.1 Å². The van der Waals surface area contributed by atoms with Gasteiger partial charge in [0, 0.05) is 24.1 Å². The first-order valence-corrected chi connectivity index (χ1v) is 6.08. The third kappa shape index (κ3) is 2.64. The molecule has 1 N–H and O–H groups in total. The van der Waals surface area contributed by atoms with Crippen LogP contribution in [0, 0.1) is 0 Å². The van der Waals surface area contributed by atoms with Crippen LogP contribution in [0.5, 0.6) is 0 Å². The second kappa shape index (κ2) is 4.85. The fraction of sp³-hybridized carbons (Fsp3) is 0.357. The molecule has 0 saturated carbocycles. The summed E-state index contributed by atoms with van der Waals surface area (Å²) >= 11 is 0. The number of aliphatic carboxylic acids is 1. The van der Waals surface area contributed by atoms with Gasteiger partial charge in [0.15, 0.2) is 0 Å². The first kappa shape index (κ1) is 14.4. The van der Waals surface area contributed by atoms with Crippen molar-refractivity contribution in [1.82, 2.24) is 4.57 Å². The Morgan fingerprint density at radius 2 is 2.05 bits per heavy atom. The van der Waals surface area contributed by atoms with Gasteiger partial charge in [-0.05, 0) is 29.7 Å². The highest BCUT2D eigenvalue weighted by Gasteiger charge is 2.31. The largest absolute Gasteiger partial charge is 0.481 e. The molecule has 6 heteroatoms. The second-order valence-corrected chi connectivity index (χ2v) is 4.92. The van der Waals surface area contributed by atoms with E-state index in [1.807, 2.05) is 0 Å². The van der Waals surface area contributed by atoms with Gasteiger partial charge >= 0.3 is 12.1 Å². The molecule has 0 aliphatic rings. The van der Waals surface area contributed by atoms with Crippen LogP contribution in [0.1, 0.15) is 30.4 Å². The summed E-state index contributed by atoms with van der Waals surface area (Å²) in [4.78, 5) is 10.8. The number of aryl methyl sites for hydroxylation is 1. The number of alkyl halides is 3. The maximum absolute atomic E-state index is 12.8. The van der Waals surface area contributed by atoms with E-state index in [9.17, 15) is 18.0 Å². The lowest BCUT2D eigenvalue weighted by molar-refractivity contribution is -0.138. The summed E-state index contributed by atoms with van der Waals surface area (Å²) in [5.74, 6) is -1.32. The number of nitrogens with zero attached hydrogens (tertiary/aromatic N) is 1. The van der Waals surface area contributed by atoms with Gasteiger partial charge in [0.05, 0.1) is 12.0 Å². The zero-order valence-corrected chi connectivity index (χ0v) is 11.0. The van der Waals surface area contributed by atoms with Gasteiger partial charge in [0.1, 0.15) is 0 Å². The van der Waals surface area contributed by atoms with E-state index in [-0.39, 0.29) is 12.3 Å². The monoisotopic (exact) mass is 285 g/mol. The molecule has 0 fully saturated rings. The maximum atomic E-state index is 12.8. The highest BCUT2D eigenvalue weighted by molar-refractivity contribution is 5.86. The minimum Gasteiger partial charge on any atom is -0.481 e. The number of carboxylic acid groups (broad SMARTS) is 1. The van der Waals surface area contributed by atoms with E-state index in [1.165, 1.54) is 6.07 Å². The molecule has 1 atom stereocenters. The Balaban J connectivity index is 2.57. The number of carbonyl (C=O) groups is 1. The highest BCUT2D eigenvalue weighted by Crippen LogP contribution is 2.35. The second-order valence-electron chi connectivity index (χ2n) is 4.92. The molecule has 2 rings (SSSR count). The Bertz CT molecular complexity index is 658. The molecule has 0 aliphatic carbocycles. The number of halogens is 3. The molecule has 0 aliphatic heterocycles. The smallest absolute Gasteiger partial charge is 0.416 e. The van der Waals surface area contributed by atoms with Crippen LogP contribution in [0.25, 0.3) is 10.9 Å². The molecule has 3 nitrogen and oxygen atoms in total. The van der Waals surface area contributed by atoms with Crippen molar-refractivity contribution in [1.29, 1.82) is 0 Å². The lowest BCUT2D eigenvalue weighted by Crippen LogP contribution is -2.05. The Morgan fingerprint density at radius 3 is 2.60 bits per heavy atom. The van der Waals surface area contributed by atoms with E-state index in [1.54, 1.807) is 24.7 Å². The van der Waals surface area contributed by atoms with Crippen LogP contribution in [-0.4, -0.2) is 15.6 Å². The quantitative estimate of drug-likeness (QED) is 0.932. The van der Waals surface area contributed by atoms with Crippen LogP contribution >= 0.6 is 0 Å². The predicted octanol–water partition coefficient (Wildman–Crippen LogP) is 3.78. The van der Waals surface area contributed by atoms with Gasteiger partial charge in [-0.15, -0.1) is 0 Å². The molecule has 1 heterocycles. The normalized spacial score (nSPS) is 13.7. The Morgan fingerprint density at radius 1 is 1.40 bits per heavy atom. The predicted molar refractivity (Wildman–Crippen MR) is 68.6 cm³/mol. The average Bonchev–Trinajstić information content (AvgIpc) is 2.64. The van der Waals surface area contributed by atoms with Crippen LogP contribution in [0.2, 0.25) is 0 Å². The van der Waals surface area contributed by atoms with E-state index in [2.05, 4.69) is 0 Å². The lowest BCUT2D eigenvalue weighted by Gasteiger charge is -2.10.